The Bertz CT molecular complexity index is 870. The summed E-state index contributed by atoms with van der Waals surface area (Å²) in [6.07, 6.45) is 1.22. The highest BCUT2D eigenvalue weighted by Gasteiger charge is 2.48. The molecule has 3 atom stereocenters. The van der Waals surface area contributed by atoms with Gasteiger partial charge in [-0.15, -0.1) is 11.8 Å². The Morgan fingerprint density at radius 2 is 1.96 bits per heavy atom. The van der Waals surface area contributed by atoms with Gasteiger partial charge in [0.15, 0.2) is 5.78 Å². The van der Waals surface area contributed by atoms with Gasteiger partial charge in [0.25, 0.3) is 0 Å². The number of nitrogens with zero attached hydrogens (tertiary/aromatic N) is 1. The van der Waals surface area contributed by atoms with Crippen molar-refractivity contribution in [3.63, 3.8) is 0 Å². The topological polar surface area (TPSA) is 38.7 Å². The molecule has 0 amide bonds. The van der Waals surface area contributed by atoms with Gasteiger partial charge >= 0.3 is 0 Å². The molecule has 0 bridgehead atoms. The number of carbonyl (C=O) groups is 1. The predicted molar refractivity (Wildman–Crippen MR) is 107 cm³/mol. The lowest BCUT2D eigenvalue weighted by Gasteiger charge is -2.46. The minimum atomic E-state index is -0.741. The van der Waals surface area contributed by atoms with E-state index in [4.69, 9.17) is 9.73 Å². The number of thioether (sulfide) groups is 1. The van der Waals surface area contributed by atoms with Gasteiger partial charge in [-0.3, -0.25) is 9.79 Å². The first-order valence-corrected chi connectivity index (χ1v) is 10.2. The number of fused-ring (bicyclic) bond motifs is 1. The summed E-state index contributed by atoms with van der Waals surface area (Å²) in [5.41, 5.74) is 0.512. The maximum atomic E-state index is 14.7. The Labute approximate surface area is 163 Å². The fourth-order valence-corrected chi connectivity index (χ4v) is 5.22. The highest BCUT2D eigenvalue weighted by Crippen LogP contribution is 2.47. The van der Waals surface area contributed by atoms with Gasteiger partial charge in [-0.25, -0.2) is 4.39 Å². The molecule has 2 aliphatic rings. The number of hydrogen-bond acceptors (Lipinski definition) is 4. The number of carbonyl (C=O) groups excluding carboxylic acids is 1. The minimum Gasteiger partial charge on any atom is -0.376 e. The van der Waals surface area contributed by atoms with E-state index in [1.54, 1.807) is 23.9 Å². The van der Waals surface area contributed by atoms with Crippen molar-refractivity contribution in [3.8, 4) is 0 Å². The Morgan fingerprint density at radius 1 is 1.22 bits per heavy atom. The molecule has 0 aromatic heterocycles. The Hall–Kier alpha value is -1.98. The SMILES string of the molecule is C[C@H]1C[C@H]2CSC(CC(=O)c3ccccc3)=N[C@@]2(c2ccccc2F)CO1. The van der Waals surface area contributed by atoms with E-state index in [-0.39, 0.29) is 30.0 Å². The van der Waals surface area contributed by atoms with Crippen LogP contribution in [0.1, 0.15) is 35.7 Å². The van der Waals surface area contributed by atoms with E-state index in [9.17, 15) is 9.18 Å². The third kappa shape index (κ3) is 3.58. The molecule has 0 saturated carbocycles. The zero-order chi connectivity index (χ0) is 18.9. The van der Waals surface area contributed by atoms with Crippen LogP contribution in [0, 0.1) is 11.7 Å². The van der Waals surface area contributed by atoms with Gasteiger partial charge in [0, 0.05) is 22.8 Å². The lowest BCUT2D eigenvalue weighted by molar-refractivity contribution is -0.0477. The second-order valence-electron chi connectivity index (χ2n) is 7.24. The molecule has 5 heteroatoms. The van der Waals surface area contributed by atoms with E-state index in [0.717, 1.165) is 17.2 Å². The number of ketones is 1. The van der Waals surface area contributed by atoms with Gasteiger partial charge in [-0.1, -0.05) is 48.5 Å². The zero-order valence-electron chi connectivity index (χ0n) is 15.2. The monoisotopic (exact) mass is 383 g/mol. The normalized spacial score (nSPS) is 27.6. The van der Waals surface area contributed by atoms with Crippen molar-refractivity contribution < 1.29 is 13.9 Å². The summed E-state index contributed by atoms with van der Waals surface area (Å²) in [7, 11) is 0. The summed E-state index contributed by atoms with van der Waals surface area (Å²) >= 11 is 1.62. The summed E-state index contributed by atoms with van der Waals surface area (Å²) in [5.74, 6) is 0.793. The number of rotatable bonds is 4. The highest BCUT2D eigenvalue weighted by atomic mass is 32.2. The maximum Gasteiger partial charge on any atom is 0.169 e. The van der Waals surface area contributed by atoms with Crippen LogP contribution in [0.3, 0.4) is 0 Å². The van der Waals surface area contributed by atoms with Crippen molar-refractivity contribution in [2.75, 3.05) is 12.4 Å². The van der Waals surface area contributed by atoms with Gasteiger partial charge in [-0.05, 0) is 19.4 Å². The molecule has 2 aromatic rings. The number of hydrogen-bond donors (Lipinski definition) is 0. The van der Waals surface area contributed by atoms with Crippen molar-refractivity contribution in [1.29, 1.82) is 0 Å². The number of benzene rings is 2. The molecule has 4 rings (SSSR count). The van der Waals surface area contributed by atoms with Gasteiger partial charge in [0.1, 0.15) is 11.4 Å². The summed E-state index contributed by atoms with van der Waals surface area (Å²) in [6, 6.07) is 16.1. The van der Waals surface area contributed by atoms with E-state index in [2.05, 4.69) is 0 Å². The molecule has 0 radical (unpaired) electrons. The molecule has 0 N–H and O–H groups in total. The molecule has 140 valence electrons. The molecule has 2 heterocycles. The average Bonchev–Trinajstić information content (AvgIpc) is 2.69. The lowest BCUT2D eigenvalue weighted by Crippen LogP contribution is -2.49. The molecule has 0 spiro atoms. The van der Waals surface area contributed by atoms with E-state index < -0.39 is 5.54 Å². The standard InChI is InChI=1S/C22H22FNO2S/c1-15-11-17-13-27-21(12-20(25)16-7-3-2-4-8-16)24-22(17,14-26-15)18-9-5-6-10-19(18)23/h2-10,15,17H,11-14H2,1H3/t15-,17-,22-/m0/s1. The van der Waals surface area contributed by atoms with Gasteiger partial charge in [0.2, 0.25) is 0 Å². The predicted octanol–water partition coefficient (Wildman–Crippen LogP) is 4.86. The van der Waals surface area contributed by atoms with E-state index in [1.165, 1.54) is 6.07 Å². The Balaban J connectivity index is 1.69. The second-order valence-corrected chi connectivity index (χ2v) is 8.33. The molecule has 1 saturated heterocycles. The van der Waals surface area contributed by atoms with Crippen molar-refractivity contribution in [2.24, 2.45) is 10.9 Å². The number of halogens is 1. The highest BCUT2D eigenvalue weighted by molar-refractivity contribution is 8.14. The van der Waals surface area contributed by atoms with Crippen LogP contribution in [0.5, 0.6) is 0 Å². The number of Topliss-reactive ketones (excluding diaryl/α,β-unsaturated/α-hetero) is 1. The maximum absolute atomic E-state index is 14.7. The lowest BCUT2D eigenvalue weighted by atomic mass is 9.75. The van der Waals surface area contributed by atoms with Crippen LogP contribution in [0.2, 0.25) is 0 Å². The van der Waals surface area contributed by atoms with Crippen LogP contribution < -0.4 is 0 Å². The van der Waals surface area contributed by atoms with E-state index >= 15 is 0 Å². The molecule has 0 aliphatic carbocycles. The molecular weight excluding hydrogens is 361 g/mol. The van der Waals surface area contributed by atoms with Crippen molar-refractivity contribution in [1.82, 2.24) is 0 Å². The van der Waals surface area contributed by atoms with Crippen LogP contribution in [0.4, 0.5) is 4.39 Å². The average molecular weight is 383 g/mol. The van der Waals surface area contributed by atoms with Crippen molar-refractivity contribution in [2.45, 2.75) is 31.4 Å². The molecule has 27 heavy (non-hydrogen) atoms. The fraction of sp³-hybridized carbons (Fsp3) is 0.364. The molecular formula is C22H22FNO2S. The van der Waals surface area contributed by atoms with Crippen LogP contribution in [-0.2, 0) is 10.3 Å². The van der Waals surface area contributed by atoms with Crippen molar-refractivity contribution >= 4 is 22.6 Å². The molecule has 3 nitrogen and oxygen atoms in total. The first kappa shape index (κ1) is 18.4. The van der Waals surface area contributed by atoms with E-state index in [0.29, 0.717) is 17.7 Å². The zero-order valence-corrected chi connectivity index (χ0v) is 16.0. The summed E-state index contributed by atoms with van der Waals surface area (Å²) in [6.45, 7) is 2.40. The number of aliphatic imine (C=N–C) groups is 1. The number of ether oxygens (including phenoxy) is 1. The van der Waals surface area contributed by atoms with E-state index in [1.807, 2.05) is 43.3 Å². The van der Waals surface area contributed by atoms with Crippen molar-refractivity contribution in [3.05, 3.63) is 71.5 Å². The van der Waals surface area contributed by atoms with Gasteiger partial charge in [0.05, 0.1) is 24.2 Å². The molecule has 0 unspecified atom stereocenters. The van der Waals surface area contributed by atoms with Gasteiger partial charge < -0.3 is 4.74 Å². The first-order valence-electron chi connectivity index (χ1n) is 9.25. The van der Waals surface area contributed by atoms with Crippen LogP contribution in [-0.4, -0.2) is 29.3 Å². The smallest absolute Gasteiger partial charge is 0.169 e. The Kier molecular flexibility index (Phi) is 5.15. The third-order valence-corrected chi connectivity index (χ3v) is 6.54. The van der Waals surface area contributed by atoms with Crippen LogP contribution in [0.15, 0.2) is 59.6 Å². The quantitative estimate of drug-likeness (QED) is 0.708. The second kappa shape index (κ2) is 7.56. The molecule has 2 aromatic carbocycles. The Morgan fingerprint density at radius 3 is 2.74 bits per heavy atom. The van der Waals surface area contributed by atoms with Gasteiger partial charge in [-0.2, -0.15) is 0 Å². The fourth-order valence-electron chi connectivity index (χ4n) is 3.96. The first-order chi connectivity index (χ1) is 13.1. The molecule has 1 fully saturated rings. The summed E-state index contributed by atoms with van der Waals surface area (Å²) in [4.78, 5) is 17.6. The van der Waals surface area contributed by atoms with Crippen LogP contribution >= 0.6 is 11.8 Å². The minimum absolute atomic E-state index is 0.0362. The largest absolute Gasteiger partial charge is 0.376 e. The summed E-state index contributed by atoms with van der Waals surface area (Å²) < 4.78 is 20.6. The third-order valence-electron chi connectivity index (χ3n) is 5.40. The summed E-state index contributed by atoms with van der Waals surface area (Å²) in [5, 5.41) is 0.765. The van der Waals surface area contributed by atoms with Crippen LogP contribution in [0.25, 0.3) is 0 Å². The molecule has 2 aliphatic heterocycles.